The Bertz CT molecular complexity index is 1890. The van der Waals surface area contributed by atoms with Crippen LogP contribution in [0.2, 0.25) is 5.02 Å². The van der Waals surface area contributed by atoms with E-state index in [1.54, 1.807) is 16.8 Å². The third kappa shape index (κ3) is 4.86. The molecular formula is C28H15ClF5N5O2. The van der Waals surface area contributed by atoms with E-state index in [-0.39, 0.29) is 33.5 Å². The molecular weight excluding hydrogens is 569 g/mol. The zero-order valence-electron chi connectivity index (χ0n) is 20.4. The lowest BCUT2D eigenvalue weighted by atomic mass is 9.93. The molecule has 7 nitrogen and oxygen atoms in total. The molecule has 3 heterocycles. The number of halogens is 6. The predicted molar refractivity (Wildman–Crippen MR) is 138 cm³/mol. The number of carbonyl (C=O) groups is 2. The van der Waals surface area contributed by atoms with Gasteiger partial charge >= 0.3 is 6.18 Å². The fraction of sp³-hybridized carbons (Fsp3) is 0.0714. The highest BCUT2D eigenvalue weighted by atomic mass is 35.5. The molecule has 2 N–H and O–H groups in total. The minimum Gasteiger partial charge on any atom is -0.341 e. The summed E-state index contributed by atoms with van der Waals surface area (Å²) in [6.07, 6.45) is 1.46. The highest BCUT2D eigenvalue weighted by molar-refractivity contribution is 6.31. The van der Waals surface area contributed by atoms with E-state index in [1.165, 1.54) is 30.6 Å². The summed E-state index contributed by atoms with van der Waals surface area (Å²) in [6.45, 7) is 0. The highest BCUT2D eigenvalue weighted by Gasteiger charge is 2.36. The van der Waals surface area contributed by atoms with Gasteiger partial charge in [0, 0.05) is 63.3 Å². The molecule has 0 radical (unpaired) electrons. The number of rotatable bonds is 4. The Balaban J connectivity index is 1.51. The summed E-state index contributed by atoms with van der Waals surface area (Å²) in [4.78, 5) is 34.7. The largest absolute Gasteiger partial charge is 0.416 e. The molecule has 41 heavy (non-hydrogen) atoms. The smallest absolute Gasteiger partial charge is 0.341 e. The Morgan fingerprint density at radius 2 is 1.80 bits per heavy atom. The number of nitrogens with zero attached hydrogens (tertiary/aromatic N) is 3. The van der Waals surface area contributed by atoms with Gasteiger partial charge in [-0.05, 0) is 54.1 Å². The van der Waals surface area contributed by atoms with Gasteiger partial charge in [0.05, 0.1) is 11.6 Å². The summed E-state index contributed by atoms with van der Waals surface area (Å²) >= 11 is 6.32. The van der Waals surface area contributed by atoms with E-state index < -0.39 is 46.8 Å². The molecule has 0 spiro atoms. The van der Waals surface area contributed by atoms with E-state index in [0.29, 0.717) is 29.0 Å². The second-order valence-electron chi connectivity index (χ2n) is 9.21. The van der Waals surface area contributed by atoms with E-state index in [2.05, 4.69) is 20.6 Å². The average molecular weight is 584 g/mol. The first-order valence-electron chi connectivity index (χ1n) is 11.9. The van der Waals surface area contributed by atoms with Crippen molar-refractivity contribution in [2.75, 3.05) is 5.32 Å². The molecule has 3 aromatic carbocycles. The lowest BCUT2D eigenvalue weighted by molar-refractivity contribution is -0.137. The van der Waals surface area contributed by atoms with Gasteiger partial charge in [-0.3, -0.25) is 14.0 Å². The zero-order valence-corrected chi connectivity index (χ0v) is 21.2. The van der Waals surface area contributed by atoms with Crippen LogP contribution in [0.5, 0.6) is 0 Å². The molecule has 6 rings (SSSR count). The number of anilines is 1. The van der Waals surface area contributed by atoms with E-state index in [1.807, 2.05) is 0 Å². The number of hydrogen-bond acceptors (Lipinski definition) is 4. The predicted octanol–water partition coefficient (Wildman–Crippen LogP) is 6.43. The van der Waals surface area contributed by atoms with Crippen LogP contribution in [0.3, 0.4) is 0 Å². The maximum Gasteiger partial charge on any atom is 0.416 e. The van der Waals surface area contributed by atoms with Crippen molar-refractivity contribution in [3.63, 3.8) is 0 Å². The quantitative estimate of drug-likeness (QED) is 0.239. The minimum atomic E-state index is -4.90. The summed E-state index contributed by atoms with van der Waals surface area (Å²) in [5.41, 5.74) is -0.521. The summed E-state index contributed by atoms with van der Waals surface area (Å²) in [6, 6.07) is 7.03. The van der Waals surface area contributed by atoms with Crippen molar-refractivity contribution < 1.29 is 31.5 Å². The number of carbonyl (C=O) groups excluding carboxylic acids is 2. The van der Waals surface area contributed by atoms with Gasteiger partial charge in [0.1, 0.15) is 11.6 Å². The standard InChI is InChI=1S/C28H15ClF5N5O2/c29-21-2-1-17(30)10-19(21)24-23-20(26(41)38-24)7-13(15-11-36-27-35-3-4-39(27)12-15)8-22(23)37-25(40)14-5-16(28(32,33)34)9-18(31)6-14/h1-12,24H,(H,37,40)(H,38,41). The Morgan fingerprint density at radius 3 is 2.59 bits per heavy atom. The molecule has 2 amide bonds. The number of nitrogens with one attached hydrogen (secondary N) is 2. The highest BCUT2D eigenvalue weighted by Crippen LogP contribution is 2.42. The Morgan fingerprint density at radius 1 is 1.00 bits per heavy atom. The van der Waals surface area contributed by atoms with Gasteiger partial charge in [-0.2, -0.15) is 13.2 Å². The molecule has 0 aliphatic carbocycles. The van der Waals surface area contributed by atoms with Crippen molar-refractivity contribution in [1.29, 1.82) is 0 Å². The van der Waals surface area contributed by atoms with Crippen molar-refractivity contribution in [2.45, 2.75) is 12.2 Å². The Hall–Kier alpha value is -4.84. The van der Waals surface area contributed by atoms with Crippen LogP contribution in [0.15, 0.2) is 73.3 Å². The molecule has 0 fully saturated rings. The van der Waals surface area contributed by atoms with E-state index in [4.69, 9.17) is 11.6 Å². The van der Waals surface area contributed by atoms with Gasteiger partial charge in [0.25, 0.3) is 11.8 Å². The average Bonchev–Trinajstić information content (AvgIpc) is 3.53. The fourth-order valence-corrected chi connectivity index (χ4v) is 4.94. The molecule has 206 valence electrons. The van der Waals surface area contributed by atoms with Gasteiger partial charge in [0.2, 0.25) is 5.78 Å². The number of fused-ring (bicyclic) bond motifs is 2. The van der Waals surface area contributed by atoms with E-state index in [0.717, 1.165) is 12.1 Å². The van der Waals surface area contributed by atoms with Crippen LogP contribution in [0, 0.1) is 11.6 Å². The molecule has 1 aliphatic heterocycles. The molecule has 5 aromatic rings. The first-order chi connectivity index (χ1) is 19.5. The van der Waals surface area contributed by atoms with Gasteiger partial charge in [-0.25, -0.2) is 18.7 Å². The minimum absolute atomic E-state index is 0.00901. The normalized spacial score (nSPS) is 14.7. The second kappa shape index (κ2) is 9.66. The van der Waals surface area contributed by atoms with E-state index >= 15 is 0 Å². The number of hydrogen-bond donors (Lipinski definition) is 2. The number of aromatic nitrogens is 3. The third-order valence-electron chi connectivity index (χ3n) is 6.57. The third-order valence-corrected chi connectivity index (χ3v) is 6.92. The van der Waals surface area contributed by atoms with Crippen LogP contribution in [-0.2, 0) is 6.18 Å². The van der Waals surface area contributed by atoms with Crippen LogP contribution >= 0.6 is 11.6 Å². The molecule has 0 bridgehead atoms. The van der Waals surface area contributed by atoms with Crippen molar-refractivity contribution in [3.8, 4) is 11.1 Å². The molecule has 13 heteroatoms. The second-order valence-corrected chi connectivity index (χ2v) is 9.62. The molecule has 1 atom stereocenters. The molecule has 2 aromatic heterocycles. The van der Waals surface area contributed by atoms with Crippen LogP contribution in [0.4, 0.5) is 27.6 Å². The van der Waals surface area contributed by atoms with Crippen LogP contribution in [-0.4, -0.2) is 26.2 Å². The van der Waals surface area contributed by atoms with Crippen molar-refractivity contribution in [2.24, 2.45) is 0 Å². The van der Waals surface area contributed by atoms with Crippen molar-refractivity contribution >= 4 is 34.9 Å². The number of amides is 2. The Kier molecular flexibility index (Phi) is 6.22. The maximum absolute atomic E-state index is 14.2. The topological polar surface area (TPSA) is 88.4 Å². The Labute approximate surface area is 232 Å². The lowest BCUT2D eigenvalue weighted by Crippen LogP contribution is -2.21. The SMILES string of the molecule is O=C(Nc1cc(-c2cnc3nccn3c2)cc2c1C(c1cc(F)ccc1Cl)NC2=O)c1cc(F)cc(C(F)(F)F)c1. The summed E-state index contributed by atoms with van der Waals surface area (Å²) in [5, 5.41) is 5.36. The van der Waals surface area contributed by atoms with Gasteiger partial charge in [-0.1, -0.05) is 11.6 Å². The summed E-state index contributed by atoms with van der Waals surface area (Å²) in [7, 11) is 0. The first kappa shape index (κ1) is 26.4. The molecule has 1 unspecified atom stereocenters. The first-order valence-corrected chi connectivity index (χ1v) is 12.3. The van der Waals surface area contributed by atoms with Gasteiger partial charge < -0.3 is 10.6 Å². The zero-order chi connectivity index (χ0) is 29.1. The number of imidazole rings is 1. The van der Waals surface area contributed by atoms with Crippen molar-refractivity contribution in [3.05, 3.63) is 118 Å². The fourth-order valence-electron chi connectivity index (χ4n) is 4.72. The number of benzene rings is 3. The van der Waals surface area contributed by atoms with E-state index in [9.17, 15) is 31.5 Å². The van der Waals surface area contributed by atoms with Gasteiger partial charge in [0.15, 0.2) is 0 Å². The van der Waals surface area contributed by atoms with Crippen molar-refractivity contribution in [1.82, 2.24) is 19.7 Å². The monoisotopic (exact) mass is 583 g/mol. The molecule has 1 aliphatic rings. The van der Waals surface area contributed by atoms with Crippen LogP contribution < -0.4 is 10.6 Å². The summed E-state index contributed by atoms with van der Waals surface area (Å²) < 4.78 is 69.8. The maximum atomic E-state index is 14.2. The van der Waals surface area contributed by atoms with Crippen LogP contribution in [0.25, 0.3) is 16.9 Å². The number of alkyl halides is 3. The summed E-state index contributed by atoms with van der Waals surface area (Å²) in [5.74, 6) is -3.11. The molecule has 0 saturated carbocycles. The van der Waals surface area contributed by atoms with Crippen LogP contribution in [0.1, 0.15) is 43.4 Å². The lowest BCUT2D eigenvalue weighted by Gasteiger charge is -2.19. The van der Waals surface area contributed by atoms with Gasteiger partial charge in [-0.15, -0.1) is 0 Å². The molecule has 0 saturated heterocycles.